The first-order valence-electron chi connectivity index (χ1n) is 3.86. The molecule has 0 radical (unpaired) electrons. The standard InChI is InChI=1S/C9H8ClFO3/c1-6(10)13-9(12)14-8-4-2-3-7(11)5-8/h2-6H,1H3/t6-/m1/s1. The summed E-state index contributed by atoms with van der Waals surface area (Å²) in [5.74, 6) is -0.415. The summed E-state index contributed by atoms with van der Waals surface area (Å²) >= 11 is 5.37. The molecule has 0 aliphatic heterocycles. The molecule has 0 amide bonds. The van der Waals surface area contributed by atoms with Crippen molar-refractivity contribution in [2.24, 2.45) is 0 Å². The van der Waals surface area contributed by atoms with E-state index in [0.717, 1.165) is 6.07 Å². The van der Waals surface area contributed by atoms with E-state index in [0.29, 0.717) is 0 Å². The van der Waals surface area contributed by atoms with E-state index in [4.69, 9.17) is 11.6 Å². The second-order valence-electron chi connectivity index (χ2n) is 2.47. The monoisotopic (exact) mass is 218 g/mol. The molecule has 0 fully saturated rings. The summed E-state index contributed by atoms with van der Waals surface area (Å²) in [6, 6.07) is 5.16. The molecule has 1 aromatic carbocycles. The van der Waals surface area contributed by atoms with Gasteiger partial charge in [0, 0.05) is 6.07 Å². The van der Waals surface area contributed by atoms with E-state index in [-0.39, 0.29) is 5.75 Å². The van der Waals surface area contributed by atoms with Crippen molar-refractivity contribution in [2.75, 3.05) is 0 Å². The lowest BCUT2D eigenvalue weighted by molar-refractivity contribution is 0.0923. The SMILES string of the molecule is C[C@H](Cl)OC(=O)Oc1cccc(F)c1. The number of alkyl halides is 1. The van der Waals surface area contributed by atoms with E-state index in [1.165, 1.54) is 25.1 Å². The summed E-state index contributed by atoms with van der Waals surface area (Å²) in [6.07, 6.45) is -0.960. The van der Waals surface area contributed by atoms with Gasteiger partial charge in [0.15, 0.2) is 5.56 Å². The molecule has 5 heteroatoms. The molecule has 14 heavy (non-hydrogen) atoms. The van der Waals surface area contributed by atoms with Crippen LogP contribution in [0, 0.1) is 5.82 Å². The number of carbonyl (C=O) groups excluding carboxylic acids is 1. The predicted octanol–water partition coefficient (Wildman–Crippen LogP) is 2.93. The van der Waals surface area contributed by atoms with Crippen LogP contribution < -0.4 is 4.74 Å². The van der Waals surface area contributed by atoms with Crippen molar-refractivity contribution in [3.63, 3.8) is 0 Å². The van der Waals surface area contributed by atoms with E-state index in [9.17, 15) is 9.18 Å². The lowest BCUT2D eigenvalue weighted by atomic mass is 10.3. The third kappa shape index (κ3) is 3.62. The Labute approximate surface area is 85.4 Å². The molecule has 0 unspecified atom stereocenters. The molecule has 1 aromatic rings. The van der Waals surface area contributed by atoms with Crippen LogP contribution in [0.3, 0.4) is 0 Å². The van der Waals surface area contributed by atoms with Gasteiger partial charge in [-0.25, -0.2) is 9.18 Å². The van der Waals surface area contributed by atoms with Gasteiger partial charge in [-0.05, 0) is 19.1 Å². The maximum absolute atomic E-state index is 12.6. The van der Waals surface area contributed by atoms with Gasteiger partial charge in [0.1, 0.15) is 11.6 Å². The normalized spacial score (nSPS) is 11.9. The van der Waals surface area contributed by atoms with Gasteiger partial charge in [0.25, 0.3) is 0 Å². The van der Waals surface area contributed by atoms with Crippen LogP contribution in [0.1, 0.15) is 6.92 Å². The minimum Gasteiger partial charge on any atom is -0.415 e. The second kappa shape index (κ2) is 4.81. The third-order valence-electron chi connectivity index (χ3n) is 1.26. The number of ether oxygens (including phenoxy) is 2. The summed E-state index contributed by atoms with van der Waals surface area (Å²) in [5, 5.41) is 0. The Morgan fingerprint density at radius 3 is 2.86 bits per heavy atom. The number of carbonyl (C=O) groups is 1. The fourth-order valence-electron chi connectivity index (χ4n) is 0.783. The molecule has 3 nitrogen and oxygen atoms in total. The maximum atomic E-state index is 12.6. The van der Waals surface area contributed by atoms with Gasteiger partial charge >= 0.3 is 6.16 Å². The third-order valence-corrected chi connectivity index (χ3v) is 1.34. The average molecular weight is 219 g/mol. The summed E-state index contributed by atoms with van der Waals surface area (Å²) in [4.78, 5) is 10.9. The first-order valence-corrected chi connectivity index (χ1v) is 4.29. The van der Waals surface area contributed by atoms with Crippen molar-refractivity contribution in [1.29, 1.82) is 0 Å². The van der Waals surface area contributed by atoms with Gasteiger partial charge in [-0.1, -0.05) is 17.7 Å². The predicted molar refractivity (Wildman–Crippen MR) is 48.8 cm³/mol. The zero-order valence-electron chi connectivity index (χ0n) is 7.37. The maximum Gasteiger partial charge on any atom is 0.515 e. The van der Waals surface area contributed by atoms with Gasteiger partial charge in [0.2, 0.25) is 0 Å². The van der Waals surface area contributed by atoms with Gasteiger partial charge < -0.3 is 9.47 Å². The molecule has 0 saturated heterocycles. The Morgan fingerprint density at radius 2 is 2.29 bits per heavy atom. The highest BCUT2D eigenvalue weighted by Crippen LogP contribution is 2.13. The largest absolute Gasteiger partial charge is 0.515 e. The molecule has 0 aliphatic carbocycles. The second-order valence-corrected chi connectivity index (χ2v) is 3.08. The van der Waals surface area contributed by atoms with Crippen LogP contribution in [0.2, 0.25) is 0 Å². The first-order chi connectivity index (χ1) is 6.58. The molecule has 0 aliphatic rings. The average Bonchev–Trinajstić information content (AvgIpc) is 2.01. The molecule has 0 saturated carbocycles. The van der Waals surface area contributed by atoms with Crippen molar-refractivity contribution in [1.82, 2.24) is 0 Å². The minimum absolute atomic E-state index is 0.0762. The van der Waals surface area contributed by atoms with Crippen LogP contribution in [0.25, 0.3) is 0 Å². The number of rotatable bonds is 2. The van der Waals surface area contributed by atoms with Crippen LogP contribution in [0.5, 0.6) is 5.75 Å². The Bertz CT molecular complexity index is 328. The summed E-state index contributed by atoms with van der Waals surface area (Å²) in [6.45, 7) is 1.47. The van der Waals surface area contributed by atoms with Gasteiger partial charge in [-0.2, -0.15) is 0 Å². The van der Waals surface area contributed by atoms with Crippen molar-refractivity contribution in [2.45, 2.75) is 12.5 Å². The highest BCUT2D eigenvalue weighted by molar-refractivity contribution is 6.19. The minimum atomic E-state index is -0.960. The fraction of sp³-hybridized carbons (Fsp3) is 0.222. The van der Waals surface area contributed by atoms with Crippen LogP contribution in [0.15, 0.2) is 24.3 Å². The Morgan fingerprint density at radius 1 is 1.57 bits per heavy atom. The molecular weight excluding hydrogens is 211 g/mol. The van der Waals surface area contributed by atoms with Crippen LogP contribution in [-0.4, -0.2) is 11.7 Å². The number of hydrogen-bond donors (Lipinski definition) is 0. The smallest absolute Gasteiger partial charge is 0.415 e. The van der Waals surface area contributed by atoms with E-state index < -0.39 is 17.5 Å². The van der Waals surface area contributed by atoms with Crippen LogP contribution in [0.4, 0.5) is 9.18 Å². The van der Waals surface area contributed by atoms with E-state index >= 15 is 0 Å². The number of halogens is 2. The fourth-order valence-corrected chi connectivity index (χ4v) is 0.856. The molecule has 0 N–H and O–H groups in total. The van der Waals surface area contributed by atoms with E-state index in [1.807, 2.05) is 0 Å². The summed E-state index contributed by atoms with van der Waals surface area (Å²) in [5.41, 5.74) is -0.781. The Kier molecular flexibility index (Phi) is 3.71. The zero-order chi connectivity index (χ0) is 10.6. The first kappa shape index (κ1) is 10.8. The van der Waals surface area contributed by atoms with Crippen molar-refractivity contribution in [3.8, 4) is 5.75 Å². The molecule has 1 atom stereocenters. The zero-order valence-corrected chi connectivity index (χ0v) is 8.12. The highest BCUT2D eigenvalue weighted by Gasteiger charge is 2.09. The van der Waals surface area contributed by atoms with Crippen LogP contribution in [-0.2, 0) is 4.74 Å². The quantitative estimate of drug-likeness (QED) is 0.435. The van der Waals surface area contributed by atoms with E-state index in [2.05, 4.69) is 9.47 Å². The van der Waals surface area contributed by atoms with Gasteiger partial charge in [-0.15, -0.1) is 0 Å². The summed E-state index contributed by atoms with van der Waals surface area (Å²) in [7, 11) is 0. The molecule has 0 heterocycles. The number of hydrogen-bond acceptors (Lipinski definition) is 3. The van der Waals surface area contributed by atoms with E-state index in [1.54, 1.807) is 0 Å². The van der Waals surface area contributed by atoms with Gasteiger partial charge in [0.05, 0.1) is 0 Å². The van der Waals surface area contributed by atoms with Crippen LogP contribution >= 0.6 is 11.6 Å². The van der Waals surface area contributed by atoms with Crippen molar-refractivity contribution >= 4 is 17.8 Å². The van der Waals surface area contributed by atoms with Crippen molar-refractivity contribution in [3.05, 3.63) is 30.1 Å². The van der Waals surface area contributed by atoms with Gasteiger partial charge in [-0.3, -0.25) is 0 Å². The molecule has 0 spiro atoms. The topological polar surface area (TPSA) is 35.5 Å². The highest BCUT2D eigenvalue weighted by atomic mass is 35.5. The molecule has 1 rings (SSSR count). The molecule has 76 valence electrons. The lowest BCUT2D eigenvalue weighted by Gasteiger charge is -2.06. The number of benzene rings is 1. The molecule has 0 bridgehead atoms. The lowest BCUT2D eigenvalue weighted by Crippen LogP contribution is -2.14. The molecular formula is C9H8ClFO3. The van der Waals surface area contributed by atoms with Crippen molar-refractivity contribution < 1.29 is 18.7 Å². The summed E-state index contributed by atoms with van der Waals surface area (Å²) < 4.78 is 21.7. The Balaban J connectivity index is 2.56. The Hall–Kier alpha value is -1.29. The molecule has 0 aromatic heterocycles.